The monoisotopic (exact) mass is 313 g/mol. The molecule has 0 unspecified atom stereocenters. The number of benzene rings is 1. The molecule has 0 aliphatic heterocycles. The summed E-state index contributed by atoms with van der Waals surface area (Å²) < 4.78 is 5.56. The van der Waals surface area contributed by atoms with Crippen LogP contribution in [0.25, 0.3) is 11.0 Å². The molecule has 0 bridgehead atoms. The lowest BCUT2D eigenvalue weighted by atomic mass is 10.2. The van der Waals surface area contributed by atoms with Gasteiger partial charge in [-0.05, 0) is 5.56 Å². The van der Waals surface area contributed by atoms with Crippen molar-refractivity contribution in [3.05, 3.63) is 48.4 Å². The van der Waals surface area contributed by atoms with Crippen LogP contribution in [-0.2, 0) is 11.3 Å². The molecule has 0 fully saturated rings. The van der Waals surface area contributed by atoms with Crippen molar-refractivity contribution in [3.8, 4) is 0 Å². The predicted molar refractivity (Wildman–Crippen MR) is 87.1 cm³/mol. The van der Waals surface area contributed by atoms with E-state index in [4.69, 9.17) is 4.74 Å². The van der Waals surface area contributed by atoms with Gasteiger partial charge in [0.15, 0.2) is 5.65 Å². The van der Waals surface area contributed by atoms with Gasteiger partial charge >= 0.3 is 0 Å². The van der Waals surface area contributed by atoms with E-state index < -0.39 is 6.10 Å². The van der Waals surface area contributed by atoms with Crippen molar-refractivity contribution < 1.29 is 9.84 Å². The van der Waals surface area contributed by atoms with Crippen molar-refractivity contribution in [1.29, 1.82) is 0 Å². The van der Waals surface area contributed by atoms with Gasteiger partial charge in [0, 0.05) is 13.6 Å². The molecule has 1 aromatic carbocycles. The number of hydrogen-bond acceptors (Lipinski definition) is 6. The standard InChI is InChI=1S/C16H19N5O2/c1-21(16-14-7-19-20-15(14)17-11-18-16)8-13(22)10-23-9-12-5-3-2-4-6-12/h2-7,11,13,22H,8-10H2,1H3,(H,17,18,19,20)/t13-/m0/s1. The molecule has 3 rings (SSSR count). The normalized spacial score (nSPS) is 12.4. The Bertz CT molecular complexity index is 746. The second kappa shape index (κ2) is 7.17. The molecule has 0 saturated carbocycles. The fourth-order valence-corrected chi connectivity index (χ4v) is 2.40. The van der Waals surface area contributed by atoms with Crippen LogP contribution >= 0.6 is 0 Å². The largest absolute Gasteiger partial charge is 0.389 e. The maximum Gasteiger partial charge on any atom is 0.160 e. The first-order valence-corrected chi connectivity index (χ1v) is 7.39. The summed E-state index contributed by atoms with van der Waals surface area (Å²) in [5.41, 5.74) is 1.76. The Balaban J connectivity index is 1.53. The zero-order chi connectivity index (χ0) is 16.1. The summed E-state index contributed by atoms with van der Waals surface area (Å²) in [7, 11) is 1.87. The molecule has 1 atom stereocenters. The van der Waals surface area contributed by atoms with Crippen LogP contribution in [0.4, 0.5) is 5.82 Å². The van der Waals surface area contributed by atoms with Crippen LogP contribution in [0.3, 0.4) is 0 Å². The molecule has 7 heteroatoms. The Hall–Kier alpha value is -2.51. The van der Waals surface area contributed by atoms with E-state index in [0.717, 1.165) is 16.8 Å². The van der Waals surface area contributed by atoms with E-state index in [2.05, 4.69) is 20.2 Å². The molecule has 0 amide bonds. The highest BCUT2D eigenvalue weighted by molar-refractivity contribution is 5.85. The van der Waals surface area contributed by atoms with Crippen LogP contribution in [0.2, 0.25) is 0 Å². The van der Waals surface area contributed by atoms with E-state index in [0.29, 0.717) is 18.8 Å². The van der Waals surface area contributed by atoms with Gasteiger partial charge in [-0.2, -0.15) is 5.10 Å². The van der Waals surface area contributed by atoms with Gasteiger partial charge in [0.1, 0.15) is 12.1 Å². The third-order valence-electron chi connectivity index (χ3n) is 3.49. The Labute approximate surface area is 133 Å². The van der Waals surface area contributed by atoms with Crippen LogP contribution in [0.1, 0.15) is 5.56 Å². The molecule has 23 heavy (non-hydrogen) atoms. The number of nitrogens with zero attached hydrogens (tertiary/aromatic N) is 4. The number of likely N-dealkylation sites (N-methyl/N-ethyl adjacent to an activating group) is 1. The number of anilines is 1. The van der Waals surface area contributed by atoms with E-state index in [1.54, 1.807) is 6.20 Å². The first kappa shape index (κ1) is 15.4. The number of rotatable bonds is 7. The minimum absolute atomic E-state index is 0.263. The molecule has 7 nitrogen and oxygen atoms in total. The topological polar surface area (TPSA) is 87.2 Å². The van der Waals surface area contributed by atoms with Gasteiger partial charge in [-0.25, -0.2) is 9.97 Å². The summed E-state index contributed by atoms with van der Waals surface area (Å²) in [5.74, 6) is 0.728. The van der Waals surface area contributed by atoms with Crippen molar-refractivity contribution >= 4 is 16.9 Å². The second-order valence-electron chi connectivity index (χ2n) is 5.36. The van der Waals surface area contributed by atoms with E-state index in [-0.39, 0.29) is 6.61 Å². The summed E-state index contributed by atoms with van der Waals surface area (Å²) >= 11 is 0. The van der Waals surface area contributed by atoms with Crippen molar-refractivity contribution in [2.24, 2.45) is 0 Å². The van der Waals surface area contributed by atoms with Gasteiger partial charge in [-0.15, -0.1) is 0 Å². The number of ether oxygens (including phenoxy) is 1. The zero-order valence-electron chi connectivity index (χ0n) is 12.9. The Morgan fingerprint density at radius 1 is 1.26 bits per heavy atom. The molecule has 0 aliphatic carbocycles. The SMILES string of the molecule is CN(C[C@H](O)COCc1ccccc1)c1ncnc2[nH]ncc12. The number of aromatic nitrogens is 4. The third-order valence-corrected chi connectivity index (χ3v) is 3.49. The minimum Gasteiger partial charge on any atom is -0.389 e. The molecule has 3 aromatic rings. The van der Waals surface area contributed by atoms with Gasteiger partial charge in [0.2, 0.25) is 0 Å². The van der Waals surface area contributed by atoms with Gasteiger partial charge in [0.05, 0.1) is 30.9 Å². The first-order chi connectivity index (χ1) is 11.2. The fourth-order valence-electron chi connectivity index (χ4n) is 2.40. The molecule has 2 N–H and O–H groups in total. The number of aliphatic hydroxyl groups is 1. The Morgan fingerprint density at radius 3 is 2.91 bits per heavy atom. The maximum absolute atomic E-state index is 10.1. The highest BCUT2D eigenvalue weighted by atomic mass is 16.5. The lowest BCUT2D eigenvalue weighted by Gasteiger charge is -2.22. The van der Waals surface area contributed by atoms with Crippen LogP contribution in [0.15, 0.2) is 42.9 Å². The average molecular weight is 313 g/mol. The van der Waals surface area contributed by atoms with Gasteiger partial charge < -0.3 is 14.7 Å². The minimum atomic E-state index is -0.611. The maximum atomic E-state index is 10.1. The fraction of sp³-hybridized carbons (Fsp3) is 0.312. The summed E-state index contributed by atoms with van der Waals surface area (Å²) in [5, 5.41) is 17.7. The highest BCUT2D eigenvalue weighted by Gasteiger charge is 2.14. The molecular weight excluding hydrogens is 294 g/mol. The van der Waals surface area contributed by atoms with E-state index in [9.17, 15) is 5.11 Å². The Kier molecular flexibility index (Phi) is 4.80. The number of aromatic amines is 1. The number of aliphatic hydroxyl groups excluding tert-OH is 1. The third kappa shape index (κ3) is 3.82. The van der Waals surface area contributed by atoms with Crippen molar-refractivity contribution in [2.75, 3.05) is 25.1 Å². The lowest BCUT2D eigenvalue weighted by Crippen LogP contribution is -2.32. The Morgan fingerprint density at radius 2 is 2.09 bits per heavy atom. The summed E-state index contributed by atoms with van der Waals surface area (Å²) in [4.78, 5) is 10.2. The van der Waals surface area contributed by atoms with Gasteiger partial charge in [-0.1, -0.05) is 30.3 Å². The van der Waals surface area contributed by atoms with Crippen molar-refractivity contribution in [1.82, 2.24) is 20.2 Å². The first-order valence-electron chi connectivity index (χ1n) is 7.39. The van der Waals surface area contributed by atoms with E-state index in [1.165, 1.54) is 6.33 Å². The van der Waals surface area contributed by atoms with Crippen LogP contribution < -0.4 is 4.90 Å². The van der Waals surface area contributed by atoms with Crippen LogP contribution in [0.5, 0.6) is 0 Å². The van der Waals surface area contributed by atoms with Crippen molar-refractivity contribution in [3.63, 3.8) is 0 Å². The number of fused-ring (bicyclic) bond motifs is 1. The number of hydrogen-bond donors (Lipinski definition) is 2. The molecule has 2 heterocycles. The van der Waals surface area contributed by atoms with E-state index in [1.807, 2.05) is 42.3 Å². The van der Waals surface area contributed by atoms with Gasteiger partial charge in [0.25, 0.3) is 0 Å². The quantitative estimate of drug-likeness (QED) is 0.685. The molecular formula is C16H19N5O2. The zero-order valence-corrected chi connectivity index (χ0v) is 12.9. The predicted octanol–water partition coefficient (Wildman–Crippen LogP) is 1.37. The molecule has 0 aliphatic rings. The molecule has 120 valence electrons. The van der Waals surface area contributed by atoms with Crippen molar-refractivity contribution in [2.45, 2.75) is 12.7 Å². The van der Waals surface area contributed by atoms with E-state index >= 15 is 0 Å². The summed E-state index contributed by atoms with van der Waals surface area (Å²) in [6.45, 7) is 1.16. The smallest absolute Gasteiger partial charge is 0.160 e. The highest BCUT2D eigenvalue weighted by Crippen LogP contribution is 2.19. The summed E-state index contributed by atoms with van der Waals surface area (Å²) in [6.07, 6.45) is 2.55. The van der Waals surface area contributed by atoms with Crippen LogP contribution in [0, 0.1) is 0 Å². The molecule has 0 radical (unpaired) electrons. The molecule has 0 spiro atoms. The molecule has 0 saturated heterocycles. The number of nitrogens with one attached hydrogen (secondary N) is 1. The second-order valence-corrected chi connectivity index (χ2v) is 5.36. The van der Waals surface area contributed by atoms with Gasteiger partial charge in [-0.3, -0.25) is 5.10 Å². The lowest BCUT2D eigenvalue weighted by molar-refractivity contribution is 0.0324. The summed E-state index contributed by atoms with van der Waals surface area (Å²) in [6, 6.07) is 9.89. The average Bonchev–Trinajstić information content (AvgIpc) is 3.04. The molecule has 2 aromatic heterocycles. The van der Waals surface area contributed by atoms with Crippen LogP contribution in [-0.4, -0.2) is 51.6 Å². The number of H-pyrrole nitrogens is 1.